The van der Waals surface area contributed by atoms with E-state index in [1.54, 1.807) is 18.2 Å². The summed E-state index contributed by atoms with van der Waals surface area (Å²) in [7, 11) is 0. The molecule has 0 fully saturated rings. The maximum atomic E-state index is 8.81. The van der Waals surface area contributed by atoms with Gasteiger partial charge in [0.2, 0.25) is 0 Å². The fraction of sp³-hybridized carbons (Fsp3) is 0.0714. The first-order chi connectivity index (χ1) is 8.60. The van der Waals surface area contributed by atoms with E-state index in [1.807, 2.05) is 25.1 Å². The summed E-state index contributed by atoms with van der Waals surface area (Å²) in [5.74, 6) is 1.48. The second-order valence-electron chi connectivity index (χ2n) is 3.77. The normalized spacial score (nSPS) is 9.89. The van der Waals surface area contributed by atoms with Crippen molar-refractivity contribution in [1.29, 1.82) is 5.26 Å². The molecule has 2 aromatic rings. The number of nitrogens with zero attached hydrogens (tertiary/aromatic N) is 1. The Kier molecular flexibility index (Phi) is 4.05. The van der Waals surface area contributed by atoms with Gasteiger partial charge in [-0.1, -0.05) is 22.0 Å². The van der Waals surface area contributed by atoms with Crippen molar-refractivity contribution >= 4 is 31.9 Å². The monoisotopic (exact) mass is 365 g/mol. The Morgan fingerprint density at radius 1 is 1.06 bits per heavy atom. The van der Waals surface area contributed by atoms with Gasteiger partial charge < -0.3 is 4.74 Å². The molecule has 0 saturated carbocycles. The van der Waals surface area contributed by atoms with Gasteiger partial charge in [-0.25, -0.2) is 0 Å². The van der Waals surface area contributed by atoms with E-state index in [1.165, 1.54) is 0 Å². The summed E-state index contributed by atoms with van der Waals surface area (Å²) in [4.78, 5) is 0. The van der Waals surface area contributed by atoms with Gasteiger partial charge in [0.05, 0.1) is 16.1 Å². The Morgan fingerprint density at radius 2 is 1.83 bits per heavy atom. The van der Waals surface area contributed by atoms with Gasteiger partial charge in [-0.05, 0) is 58.7 Å². The fourth-order valence-corrected chi connectivity index (χ4v) is 2.26. The van der Waals surface area contributed by atoms with Crippen LogP contribution in [0.15, 0.2) is 45.3 Å². The molecule has 4 heteroatoms. The van der Waals surface area contributed by atoms with Gasteiger partial charge >= 0.3 is 0 Å². The first kappa shape index (κ1) is 13.1. The van der Waals surface area contributed by atoms with Crippen molar-refractivity contribution in [3.63, 3.8) is 0 Å². The second kappa shape index (κ2) is 5.55. The zero-order chi connectivity index (χ0) is 13.1. The van der Waals surface area contributed by atoms with E-state index in [9.17, 15) is 0 Å². The minimum atomic E-state index is 0.597. The van der Waals surface area contributed by atoms with Crippen LogP contribution >= 0.6 is 31.9 Å². The smallest absolute Gasteiger partial charge is 0.141 e. The molecule has 0 spiro atoms. The maximum Gasteiger partial charge on any atom is 0.141 e. The number of rotatable bonds is 2. The van der Waals surface area contributed by atoms with Crippen molar-refractivity contribution in [2.45, 2.75) is 6.92 Å². The molecular formula is C14H9Br2NO. The SMILES string of the molecule is Cc1ccc(Br)cc1Oc1ccc(C#N)cc1Br. The Labute approximate surface area is 122 Å². The van der Waals surface area contributed by atoms with E-state index in [4.69, 9.17) is 10.00 Å². The molecule has 0 aliphatic heterocycles. The summed E-state index contributed by atoms with van der Waals surface area (Å²) in [6.45, 7) is 1.99. The highest BCUT2D eigenvalue weighted by molar-refractivity contribution is 9.10. The first-order valence-electron chi connectivity index (χ1n) is 5.24. The van der Waals surface area contributed by atoms with Crippen LogP contribution in [0.2, 0.25) is 0 Å². The predicted octanol–water partition coefficient (Wildman–Crippen LogP) is 5.18. The molecule has 0 amide bonds. The number of hydrogen-bond donors (Lipinski definition) is 0. The molecular weight excluding hydrogens is 358 g/mol. The summed E-state index contributed by atoms with van der Waals surface area (Å²) < 4.78 is 7.56. The molecule has 0 aliphatic rings. The van der Waals surface area contributed by atoms with Crippen molar-refractivity contribution in [1.82, 2.24) is 0 Å². The molecule has 90 valence electrons. The third kappa shape index (κ3) is 2.92. The van der Waals surface area contributed by atoms with Crippen LogP contribution in [-0.4, -0.2) is 0 Å². The van der Waals surface area contributed by atoms with Crippen molar-refractivity contribution < 1.29 is 4.74 Å². The standard InChI is InChI=1S/C14H9Br2NO/c1-9-2-4-11(15)7-14(9)18-13-5-3-10(8-17)6-12(13)16/h2-7H,1H3. The summed E-state index contributed by atoms with van der Waals surface area (Å²) >= 11 is 6.82. The average molecular weight is 367 g/mol. The van der Waals surface area contributed by atoms with Crippen LogP contribution in [-0.2, 0) is 0 Å². The highest BCUT2D eigenvalue weighted by Gasteiger charge is 2.06. The van der Waals surface area contributed by atoms with Crippen LogP contribution < -0.4 is 4.74 Å². The van der Waals surface area contributed by atoms with E-state index >= 15 is 0 Å². The van der Waals surface area contributed by atoms with Crippen LogP contribution in [0.4, 0.5) is 0 Å². The predicted molar refractivity (Wildman–Crippen MR) is 77.8 cm³/mol. The lowest BCUT2D eigenvalue weighted by molar-refractivity contribution is 0.475. The minimum Gasteiger partial charge on any atom is -0.456 e. The van der Waals surface area contributed by atoms with Crippen molar-refractivity contribution in [3.05, 3.63) is 56.5 Å². The molecule has 2 nitrogen and oxygen atoms in total. The average Bonchev–Trinajstić information content (AvgIpc) is 2.36. The van der Waals surface area contributed by atoms with Crippen LogP contribution in [0.25, 0.3) is 0 Å². The summed E-state index contributed by atoms with van der Waals surface area (Å²) in [5.41, 5.74) is 1.65. The highest BCUT2D eigenvalue weighted by atomic mass is 79.9. The third-order valence-corrected chi connectivity index (χ3v) is 3.54. The topological polar surface area (TPSA) is 33.0 Å². The molecule has 0 atom stereocenters. The number of nitriles is 1. The summed E-state index contributed by atoms with van der Waals surface area (Å²) in [6, 6.07) is 13.2. The molecule has 2 rings (SSSR count). The number of hydrogen-bond acceptors (Lipinski definition) is 2. The molecule has 0 saturated heterocycles. The fourth-order valence-electron chi connectivity index (χ4n) is 1.46. The summed E-state index contributed by atoms with van der Waals surface area (Å²) in [6.07, 6.45) is 0. The zero-order valence-corrected chi connectivity index (χ0v) is 12.7. The van der Waals surface area contributed by atoms with Crippen molar-refractivity contribution in [2.24, 2.45) is 0 Å². The third-order valence-electron chi connectivity index (χ3n) is 2.43. The van der Waals surface area contributed by atoms with E-state index in [-0.39, 0.29) is 0 Å². The largest absolute Gasteiger partial charge is 0.456 e. The molecule has 0 aliphatic carbocycles. The van der Waals surface area contributed by atoms with Gasteiger partial charge in [-0.2, -0.15) is 5.26 Å². The van der Waals surface area contributed by atoms with Crippen LogP contribution in [0.3, 0.4) is 0 Å². The van der Waals surface area contributed by atoms with E-state index in [0.29, 0.717) is 11.3 Å². The highest BCUT2D eigenvalue weighted by Crippen LogP contribution is 2.33. The second-order valence-corrected chi connectivity index (χ2v) is 5.54. The Morgan fingerprint density at radius 3 is 2.50 bits per heavy atom. The van der Waals surface area contributed by atoms with E-state index < -0.39 is 0 Å². The number of ether oxygens (including phenoxy) is 1. The van der Waals surface area contributed by atoms with Crippen LogP contribution in [0.1, 0.15) is 11.1 Å². The molecule has 0 N–H and O–H groups in total. The Hall–Kier alpha value is -1.31. The molecule has 2 aromatic carbocycles. The lowest BCUT2D eigenvalue weighted by atomic mass is 10.2. The number of benzene rings is 2. The van der Waals surface area contributed by atoms with E-state index in [2.05, 4.69) is 37.9 Å². The molecule has 0 radical (unpaired) electrons. The van der Waals surface area contributed by atoms with Crippen LogP contribution in [0, 0.1) is 18.3 Å². The minimum absolute atomic E-state index is 0.597. The molecule has 0 heterocycles. The lowest BCUT2D eigenvalue weighted by Crippen LogP contribution is -1.89. The molecule has 18 heavy (non-hydrogen) atoms. The first-order valence-corrected chi connectivity index (χ1v) is 6.82. The van der Waals surface area contributed by atoms with Gasteiger partial charge in [0, 0.05) is 4.47 Å². The lowest BCUT2D eigenvalue weighted by Gasteiger charge is -2.10. The van der Waals surface area contributed by atoms with Crippen molar-refractivity contribution in [3.8, 4) is 17.6 Å². The quantitative estimate of drug-likeness (QED) is 0.733. The van der Waals surface area contributed by atoms with Gasteiger partial charge in [0.15, 0.2) is 0 Å². The maximum absolute atomic E-state index is 8.81. The Bertz CT molecular complexity index is 632. The molecule has 0 unspecified atom stereocenters. The van der Waals surface area contributed by atoms with Gasteiger partial charge in [0.25, 0.3) is 0 Å². The molecule has 0 aromatic heterocycles. The number of halogens is 2. The van der Waals surface area contributed by atoms with Gasteiger partial charge in [-0.3, -0.25) is 0 Å². The Balaban J connectivity index is 2.34. The summed E-state index contributed by atoms with van der Waals surface area (Å²) in [5, 5.41) is 8.81. The van der Waals surface area contributed by atoms with Crippen molar-refractivity contribution in [2.75, 3.05) is 0 Å². The van der Waals surface area contributed by atoms with Crippen LogP contribution in [0.5, 0.6) is 11.5 Å². The molecule has 0 bridgehead atoms. The van der Waals surface area contributed by atoms with E-state index in [0.717, 1.165) is 20.3 Å². The van der Waals surface area contributed by atoms with Gasteiger partial charge in [-0.15, -0.1) is 0 Å². The van der Waals surface area contributed by atoms with Gasteiger partial charge in [0.1, 0.15) is 11.5 Å². The zero-order valence-electron chi connectivity index (χ0n) is 9.58. The number of aryl methyl sites for hydroxylation is 1.